The van der Waals surface area contributed by atoms with Gasteiger partial charge in [-0.3, -0.25) is 4.79 Å². The summed E-state index contributed by atoms with van der Waals surface area (Å²) in [5, 5.41) is 32.1. The van der Waals surface area contributed by atoms with Gasteiger partial charge >= 0.3 is 59.1 Å². The molecule has 0 heterocycles. The first kappa shape index (κ1) is 37.4. The number of amides is 1. The van der Waals surface area contributed by atoms with E-state index in [1.54, 1.807) is 0 Å². The molecule has 0 saturated carbocycles. The minimum absolute atomic E-state index is 0. The molecule has 9 heteroatoms. The molecule has 0 aliphatic rings. The van der Waals surface area contributed by atoms with Gasteiger partial charge in [-0.25, -0.2) is 0 Å². The average Bonchev–Trinajstić information content (AvgIpc) is 2.72. The summed E-state index contributed by atoms with van der Waals surface area (Å²) in [5.74, 6) is -3.66. The van der Waals surface area contributed by atoms with Crippen LogP contribution in [0.1, 0.15) is 96.3 Å². The summed E-state index contributed by atoms with van der Waals surface area (Å²) in [4.78, 5) is 32.9. The molecule has 0 aromatic carbocycles. The third-order valence-electron chi connectivity index (χ3n) is 4.87. The molecule has 0 unspecified atom stereocenters. The fourth-order valence-electron chi connectivity index (χ4n) is 3.07. The number of carboxylic acid groups (broad SMARTS) is 2. The van der Waals surface area contributed by atoms with E-state index >= 15 is 0 Å². The van der Waals surface area contributed by atoms with Crippen LogP contribution in [0, 0.1) is 0 Å². The Morgan fingerprint density at radius 2 is 1.12 bits per heavy atom. The SMILES string of the molecule is O=C([O-])C[C@H](NC(=O)CCCC/C=C\CCCCCCC/C=C\CCCCO)C(=O)[O-].[Na+].[Na+]. The van der Waals surface area contributed by atoms with E-state index in [2.05, 4.69) is 29.6 Å². The Morgan fingerprint density at radius 1 is 0.697 bits per heavy atom. The van der Waals surface area contributed by atoms with Gasteiger partial charge < -0.3 is 30.2 Å². The molecule has 7 nitrogen and oxygen atoms in total. The summed E-state index contributed by atoms with van der Waals surface area (Å²) in [5.41, 5.74) is 0. The maximum absolute atomic E-state index is 11.7. The molecule has 0 aromatic heterocycles. The summed E-state index contributed by atoms with van der Waals surface area (Å²) in [6.45, 7) is 0.284. The Labute approximate surface area is 243 Å². The van der Waals surface area contributed by atoms with Crippen LogP contribution in [-0.4, -0.2) is 35.6 Å². The largest absolute Gasteiger partial charge is 1.00 e. The summed E-state index contributed by atoms with van der Waals surface area (Å²) in [7, 11) is 0. The molecule has 0 radical (unpaired) electrons. The molecule has 0 saturated heterocycles. The maximum atomic E-state index is 11.7. The van der Waals surface area contributed by atoms with E-state index in [0.29, 0.717) is 6.42 Å². The van der Waals surface area contributed by atoms with Crippen LogP contribution in [0.15, 0.2) is 24.3 Å². The van der Waals surface area contributed by atoms with Gasteiger partial charge in [0, 0.05) is 25.4 Å². The minimum Gasteiger partial charge on any atom is -0.550 e. The van der Waals surface area contributed by atoms with Crippen molar-refractivity contribution in [3.05, 3.63) is 24.3 Å². The molecular formula is C24H39NNa2O6. The van der Waals surface area contributed by atoms with Gasteiger partial charge in [0.05, 0.1) is 12.0 Å². The molecule has 0 rings (SSSR count). The molecular weight excluding hydrogens is 444 g/mol. The number of hydrogen-bond donors (Lipinski definition) is 2. The van der Waals surface area contributed by atoms with Crippen molar-refractivity contribution in [3.63, 3.8) is 0 Å². The van der Waals surface area contributed by atoms with Gasteiger partial charge in [-0.2, -0.15) is 0 Å². The van der Waals surface area contributed by atoms with Crippen LogP contribution < -0.4 is 74.6 Å². The number of rotatable bonds is 21. The summed E-state index contributed by atoms with van der Waals surface area (Å²) in [6.07, 6.45) is 21.8. The van der Waals surface area contributed by atoms with Crippen LogP contribution in [0.2, 0.25) is 0 Å². The number of unbranched alkanes of at least 4 members (excludes halogenated alkanes) is 10. The average molecular weight is 484 g/mol. The fourth-order valence-corrected chi connectivity index (χ4v) is 3.07. The van der Waals surface area contributed by atoms with E-state index in [1.165, 1.54) is 32.1 Å². The second-order valence-corrected chi connectivity index (χ2v) is 7.77. The molecule has 0 bridgehead atoms. The van der Waals surface area contributed by atoms with E-state index in [9.17, 15) is 24.6 Å². The number of aliphatic carboxylic acids is 2. The Bertz CT molecular complexity index is 555. The molecule has 0 aliphatic heterocycles. The summed E-state index contributed by atoms with van der Waals surface area (Å²) >= 11 is 0. The van der Waals surface area contributed by atoms with Crippen molar-refractivity contribution in [2.75, 3.05) is 6.61 Å². The van der Waals surface area contributed by atoms with Crippen molar-refractivity contribution in [2.24, 2.45) is 0 Å². The molecule has 33 heavy (non-hydrogen) atoms. The molecule has 0 spiro atoms. The van der Waals surface area contributed by atoms with E-state index < -0.39 is 30.3 Å². The smallest absolute Gasteiger partial charge is 0.550 e. The number of carbonyl (C=O) groups is 3. The summed E-state index contributed by atoms with van der Waals surface area (Å²) < 4.78 is 0. The van der Waals surface area contributed by atoms with E-state index in [0.717, 1.165) is 44.9 Å². The minimum atomic E-state index is -1.62. The van der Waals surface area contributed by atoms with Gasteiger partial charge in [0.2, 0.25) is 5.91 Å². The zero-order chi connectivity index (χ0) is 23.2. The molecule has 2 N–H and O–H groups in total. The van der Waals surface area contributed by atoms with Crippen LogP contribution in [0.4, 0.5) is 0 Å². The number of nitrogens with one attached hydrogen (secondary N) is 1. The predicted molar refractivity (Wildman–Crippen MR) is 117 cm³/mol. The van der Waals surface area contributed by atoms with Gasteiger partial charge in [-0.15, -0.1) is 0 Å². The van der Waals surface area contributed by atoms with Crippen molar-refractivity contribution in [3.8, 4) is 0 Å². The second kappa shape index (κ2) is 28.1. The predicted octanol–water partition coefficient (Wildman–Crippen LogP) is -4.06. The Balaban J connectivity index is -0.00000450. The first-order valence-electron chi connectivity index (χ1n) is 11.6. The van der Waals surface area contributed by atoms with Crippen molar-refractivity contribution in [1.82, 2.24) is 5.32 Å². The monoisotopic (exact) mass is 483 g/mol. The Hall–Kier alpha value is -0.150. The number of carbonyl (C=O) groups excluding carboxylic acids is 3. The van der Waals surface area contributed by atoms with E-state index in [-0.39, 0.29) is 72.1 Å². The number of carboxylic acids is 2. The van der Waals surface area contributed by atoms with Crippen molar-refractivity contribution < 1.29 is 88.8 Å². The zero-order valence-electron chi connectivity index (χ0n) is 20.7. The van der Waals surface area contributed by atoms with Crippen LogP contribution in [0.25, 0.3) is 0 Å². The maximum Gasteiger partial charge on any atom is 1.00 e. The van der Waals surface area contributed by atoms with Crippen LogP contribution >= 0.6 is 0 Å². The molecule has 0 aliphatic carbocycles. The molecule has 1 atom stereocenters. The number of allylic oxidation sites excluding steroid dienone is 4. The van der Waals surface area contributed by atoms with E-state index in [1.807, 2.05) is 0 Å². The van der Waals surface area contributed by atoms with Crippen LogP contribution in [-0.2, 0) is 14.4 Å². The number of aliphatic hydroxyl groups is 1. The Morgan fingerprint density at radius 3 is 1.55 bits per heavy atom. The first-order valence-corrected chi connectivity index (χ1v) is 11.6. The third-order valence-corrected chi connectivity index (χ3v) is 4.87. The molecule has 0 aromatic rings. The van der Waals surface area contributed by atoms with Crippen molar-refractivity contribution in [2.45, 2.75) is 102 Å². The number of hydrogen-bond acceptors (Lipinski definition) is 6. The van der Waals surface area contributed by atoms with Crippen LogP contribution in [0.5, 0.6) is 0 Å². The number of aliphatic hydroxyl groups excluding tert-OH is 1. The zero-order valence-corrected chi connectivity index (χ0v) is 24.7. The molecule has 178 valence electrons. The van der Waals surface area contributed by atoms with Gasteiger partial charge in [-0.05, 0) is 64.2 Å². The van der Waals surface area contributed by atoms with Gasteiger partial charge in [0.15, 0.2) is 0 Å². The van der Waals surface area contributed by atoms with Gasteiger partial charge in [0.25, 0.3) is 0 Å². The second-order valence-electron chi connectivity index (χ2n) is 7.77. The normalized spacial score (nSPS) is 11.7. The topological polar surface area (TPSA) is 130 Å². The molecule has 0 fully saturated rings. The van der Waals surface area contributed by atoms with Gasteiger partial charge in [-0.1, -0.05) is 43.6 Å². The summed E-state index contributed by atoms with van der Waals surface area (Å²) in [6, 6.07) is -1.55. The first-order chi connectivity index (χ1) is 15.0. The third kappa shape index (κ3) is 28.0. The van der Waals surface area contributed by atoms with Crippen molar-refractivity contribution >= 4 is 17.8 Å². The van der Waals surface area contributed by atoms with Gasteiger partial charge in [0.1, 0.15) is 0 Å². The van der Waals surface area contributed by atoms with Crippen molar-refractivity contribution in [1.29, 1.82) is 0 Å². The van der Waals surface area contributed by atoms with Crippen LogP contribution in [0.3, 0.4) is 0 Å². The standard InChI is InChI=1S/C24H41NO6.2Na/c26-19-17-15-13-11-9-7-5-3-1-2-4-6-8-10-12-14-16-18-22(27)25-21(24(30)31)20-23(28)29;;/h8-11,21,26H,1-7,12-20H2,(H,25,27)(H,28,29)(H,30,31);;/q;2*+1/p-2/b10-8-,11-9-;;/t21-;;/m0../s1. The Kier molecular flexibility index (Phi) is 31.8. The fraction of sp³-hybridized carbons (Fsp3) is 0.708. The molecule has 1 amide bonds. The van der Waals surface area contributed by atoms with E-state index in [4.69, 9.17) is 5.11 Å². The quantitative estimate of drug-likeness (QED) is 0.0971.